The number of carbonyl (C=O) groups excluding carboxylic acids is 2. The van der Waals surface area contributed by atoms with Gasteiger partial charge in [0.2, 0.25) is 0 Å². The molecule has 0 fully saturated rings. The highest BCUT2D eigenvalue weighted by atomic mass is 32.1. The van der Waals surface area contributed by atoms with Crippen molar-refractivity contribution in [2.24, 2.45) is 0 Å². The van der Waals surface area contributed by atoms with Crippen LogP contribution in [0.15, 0.2) is 0 Å². The Bertz CT molecular complexity index is 277. The molecule has 0 bridgehead atoms. The number of carbonyl (C=O) groups is 2. The zero-order chi connectivity index (χ0) is 12.6. The van der Waals surface area contributed by atoms with E-state index in [0.29, 0.717) is 0 Å². The lowest BCUT2D eigenvalue weighted by molar-refractivity contribution is -0.139. The van der Waals surface area contributed by atoms with Crippen LogP contribution in [0.2, 0.25) is 0 Å². The first-order valence-electron chi connectivity index (χ1n) is 4.07. The second-order valence-electron chi connectivity index (χ2n) is 2.32. The summed E-state index contributed by atoms with van der Waals surface area (Å²) in [5, 5.41) is 5.45. The van der Waals surface area contributed by atoms with Gasteiger partial charge in [0.1, 0.15) is 0 Å². The molecule has 0 heterocycles. The Morgan fingerprint density at radius 3 is 1.31 bits per heavy atom. The Morgan fingerprint density at radius 2 is 1.06 bits per heavy atom. The summed E-state index contributed by atoms with van der Waals surface area (Å²) in [7, 11) is 3.13. The van der Waals surface area contributed by atoms with Crippen molar-refractivity contribution in [3.8, 4) is 0 Å². The van der Waals surface area contributed by atoms with Gasteiger partial charge in [-0.3, -0.25) is 31.3 Å². The Hall–Kier alpha value is -1.68. The van der Waals surface area contributed by atoms with Gasteiger partial charge in [0.15, 0.2) is 10.2 Å². The third-order valence-corrected chi connectivity index (χ3v) is 1.85. The van der Waals surface area contributed by atoms with Crippen LogP contribution in [0.1, 0.15) is 0 Å². The van der Waals surface area contributed by atoms with Gasteiger partial charge in [0, 0.05) is 14.1 Å². The van der Waals surface area contributed by atoms with Crippen molar-refractivity contribution in [2.45, 2.75) is 0 Å². The monoisotopic (exact) mass is 264 g/mol. The number of hydrogen-bond donors (Lipinski definition) is 6. The number of hydrogen-bond acceptors (Lipinski definition) is 4. The molecule has 8 nitrogen and oxygen atoms in total. The van der Waals surface area contributed by atoms with Crippen LogP contribution < -0.4 is 32.3 Å². The highest BCUT2D eigenvalue weighted by Crippen LogP contribution is 1.66. The number of rotatable bonds is 0. The minimum absolute atomic E-state index is 0.180. The summed E-state index contributed by atoms with van der Waals surface area (Å²) in [5.41, 5.74) is 8.73. The van der Waals surface area contributed by atoms with Crippen molar-refractivity contribution in [1.29, 1.82) is 0 Å². The Balaban J connectivity index is 3.87. The first kappa shape index (κ1) is 14.3. The first-order chi connectivity index (χ1) is 7.51. The van der Waals surface area contributed by atoms with Gasteiger partial charge in [-0.25, -0.2) is 0 Å². The van der Waals surface area contributed by atoms with Gasteiger partial charge >= 0.3 is 11.8 Å². The Morgan fingerprint density at radius 1 is 0.750 bits per heavy atom. The maximum absolute atomic E-state index is 11.1. The molecule has 0 aliphatic heterocycles. The van der Waals surface area contributed by atoms with Crippen LogP contribution in [0.5, 0.6) is 0 Å². The summed E-state index contributed by atoms with van der Waals surface area (Å²) in [6.07, 6.45) is 0. The van der Waals surface area contributed by atoms with Crippen molar-refractivity contribution in [2.75, 3.05) is 14.1 Å². The lowest BCUT2D eigenvalue weighted by Gasteiger charge is -2.10. The van der Waals surface area contributed by atoms with Crippen LogP contribution in [0.4, 0.5) is 0 Å². The number of amides is 2. The predicted octanol–water partition coefficient (Wildman–Crippen LogP) is -2.76. The Kier molecular flexibility index (Phi) is 6.79. The SMILES string of the molecule is CNC(=S)NNC(=O)C(=O)NNC(=S)NC. The van der Waals surface area contributed by atoms with Gasteiger partial charge < -0.3 is 10.6 Å². The van der Waals surface area contributed by atoms with Crippen LogP contribution in [-0.4, -0.2) is 36.1 Å². The standard InChI is InChI=1S/C6H12N6O2S2/c1-7-5(15)11-9-3(13)4(14)10-12-6(16)8-2/h1-2H3,(H,9,13)(H,10,14)(H2,7,11,15)(H2,8,12,16). The fourth-order valence-corrected chi connectivity index (χ4v) is 0.568. The average molecular weight is 264 g/mol. The van der Waals surface area contributed by atoms with Crippen LogP contribution in [0, 0.1) is 0 Å². The van der Waals surface area contributed by atoms with E-state index in [9.17, 15) is 9.59 Å². The fraction of sp³-hybridized carbons (Fsp3) is 0.333. The number of hydrazine groups is 2. The predicted molar refractivity (Wildman–Crippen MR) is 65.9 cm³/mol. The third-order valence-electron chi connectivity index (χ3n) is 1.24. The second-order valence-corrected chi connectivity index (χ2v) is 3.13. The van der Waals surface area contributed by atoms with Crippen molar-refractivity contribution >= 4 is 46.5 Å². The van der Waals surface area contributed by atoms with E-state index in [2.05, 4.69) is 56.8 Å². The van der Waals surface area contributed by atoms with Crippen LogP contribution in [-0.2, 0) is 9.59 Å². The zero-order valence-corrected chi connectivity index (χ0v) is 10.3. The molecule has 0 atom stereocenters. The molecule has 0 aromatic heterocycles. The summed E-state index contributed by atoms with van der Waals surface area (Å²) < 4.78 is 0. The molecule has 16 heavy (non-hydrogen) atoms. The van der Waals surface area contributed by atoms with E-state index in [4.69, 9.17) is 0 Å². The molecule has 6 N–H and O–H groups in total. The van der Waals surface area contributed by atoms with Crippen molar-refractivity contribution < 1.29 is 9.59 Å². The van der Waals surface area contributed by atoms with E-state index >= 15 is 0 Å². The van der Waals surface area contributed by atoms with Gasteiger partial charge in [0.05, 0.1) is 0 Å². The highest BCUT2D eigenvalue weighted by Gasteiger charge is 2.12. The number of nitrogens with one attached hydrogen (secondary N) is 6. The van der Waals surface area contributed by atoms with Crippen LogP contribution >= 0.6 is 24.4 Å². The van der Waals surface area contributed by atoms with Crippen molar-refractivity contribution in [1.82, 2.24) is 32.3 Å². The maximum Gasteiger partial charge on any atom is 0.329 e. The second kappa shape index (κ2) is 7.59. The van der Waals surface area contributed by atoms with E-state index in [1.54, 1.807) is 14.1 Å². The van der Waals surface area contributed by atoms with Gasteiger partial charge in [-0.15, -0.1) is 0 Å². The lowest BCUT2D eigenvalue weighted by atomic mass is 10.6. The molecule has 0 saturated heterocycles. The molecular weight excluding hydrogens is 252 g/mol. The summed E-state index contributed by atoms with van der Waals surface area (Å²) in [6.45, 7) is 0. The molecule has 0 aliphatic rings. The van der Waals surface area contributed by atoms with E-state index in [1.165, 1.54) is 0 Å². The topological polar surface area (TPSA) is 106 Å². The summed E-state index contributed by atoms with van der Waals surface area (Å²) in [4.78, 5) is 22.2. The molecule has 10 heteroatoms. The van der Waals surface area contributed by atoms with Crippen LogP contribution in [0.3, 0.4) is 0 Å². The minimum Gasteiger partial charge on any atom is -0.364 e. The number of thiocarbonyl (C=S) groups is 2. The average Bonchev–Trinajstić information content (AvgIpc) is 2.31. The molecule has 0 rings (SSSR count). The third kappa shape index (κ3) is 5.93. The molecule has 90 valence electrons. The van der Waals surface area contributed by atoms with Gasteiger partial charge in [-0.1, -0.05) is 0 Å². The summed E-state index contributed by atoms with van der Waals surface area (Å²) in [6, 6.07) is 0. The van der Waals surface area contributed by atoms with E-state index in [-0.39, 0.29) is 10.2 Å². The smallest absolute Gasteiger partial charge is 0.329 e. The quantitative estimate of drug-likeness (QED) is 0.159. The molecule has 2 amide bonds. The fourth-order valence-electron chi connectivity index (χ4n) is 0.466. The maximum atomic E-state index is 11.1. The lowest BCUT2D eigenvalue weighted by Crippen LogP contribution is -2.54. The van der Waals surface area contributed by atoms with Gasteiger partial charge in [-0.05, 0) is 24.4 Å². The molecule has 0 saturated carbocycles. The molecule has 0 spiro atoms. The minimum atomic E-state index is -0.913. The van der Waals surface area contributed by atoms with Crippen molar-refractivity contribution in [3.05, 3.63) is 0 Å². The molecule has 0 aromatic carbocycles. The normalized spacial score (nSPS) is 8.38. The highest BCUT2D eigenvalue weighted by molar-refractivity contribution is 7.80. The van der Waals surface area contributed by atoms with E-state index < -0.39 is 11.8 Å². The van der Waals surface area contributed by atoms with Crippen LogP contribution in [0.25, 0.3) is 0 Å². The molecule has 0 aromatic rings. The Labute approximate surface area is 103 Å². The first-order valence-corrected chi connectivity index (χ1v) is 4.88. The summed E-state index contributed by atoms with van der Waals surface area (Å²) in [5.74, 6) is -1.83. The molecular formula is C6H12N6O2S2. The summed E-state index contributed by atoms with van der Waals surface area (Å²) >= 11 is 9.34. The zero-order valence-electron chi connectivity index (χ0n) is 8.63. The van der Waals surface area contributed by atoms with Gasteiger partial charge in [-0.2, -0.15) is 0 Å². The molecule has 0 radical (unpaired) electrons. The van der Waals surface area contributed by atoms with E-state index in [1.807, 2.05) is 0 Å². The van der Waals surface area contributed by atoms with Crippen molar-refractivity contribution in [3.63, 3.8) is 0 Å². The largest absolute Gasteiger partial charge is 0.364 e. The van der Waals surface area contributed by atoms with E-state index in [0.717, 1.165) is 0 Å². The molecule has 0 aliphatic carbocycles. The molecule has 0 unspecified atom stereocenters. The van der Waals surface area contributed by atoms with Gasteiger partial charge in [0.25, 0.3) is 0 Å².